The Morgan fingerprint density at radius 3 is 2.95 bits per heavy atom. The summed E-state index contributed by atoms with van der Waals surface area (Å²) in [5.74, 6) is 2.61. The molecular weight excluding hydrogens is 296 g/mol. The molecule has 1 aromatic rings. The van der Waals surface area contributed by atoms with Gasteiger partial charge in [0.25, 0.3) is 5.91 Å². The van der Waals surface area contributed by atoms with Gasteiger partial charge in [-0.15, -0.1) is 23.5 Å². The number of benzene rings is 1. The van der Waals surface area contributed by atoms with Gasteiger partial charge in [-0.1, -0.05) is 0 Å². The highest BCUT2D eigenvalue weighted by molar-refractivity contribution is 8.18. The monoisotopic (exact) mass is 312 g/mol. The minimum Gasteiger partial charge on any atom is -0.507 e. The zero-order valence-electron chi connectivity index (χ0n) is 11.0. The van der Waals surface area contributed by atoms with Crippen molar-refractivity contribution in [2.24, 2.45) is 5.10 Å². The molecule has 5 nitrogen and oxygen atoms in total. The Morgan fingerprint density at radius 1 is 1.50 bits per heavy atom. The van der Waals surface area contributed by atoms with Crippen LogP contribution in [0.1, 0.15) is 12.0 Å². The summed E-state index contributed by atoms with van der Waals surface area (Å²) < 4.78 is 4.97. The first-order chi connectivity index (χ1) is 9.70. The fraction of sp³-hybridized carbons (Fsp3) is 0.385. The van der Waals surface area contributed by atoms with Gasteiger partial charge in [0.1, 0.15) is 16.1 Å². The number of phenolic OH excluding ortho intramolecular Hbond substituents is 1. The van der Waals surface area contributed by atoms with E-state index in [1.54, 1.807) is 42.8 Å². The molecule has 1 saturated heterocycles. The van der Waals surface area contributed by atoms with E-state index in [-0.39, 0.29) is 16.2 Å². The van der Waals surface area contributed by atoms with Gasteiger partial charge in [0.2, 0.25) is 0 Å². The van der Waals surface area contributed by atoms with Crippen molar-refractivity contribution in [1.82, 2.24) is 5.43 Å². The van der Waals surface area contributed by atoms with Gasteiger partial charge in [0.05, 0.1) is 13.3 Å². The molecule has 0 saturated carbocycles. The molecule has 1 aliphatic rings. The molecule has 1 aromatic carbocycles. The van der Waals surface area contributed by atoms with Crippen molar-refractivity contribution in [3.63, 3.8) is 0 Å². The normalized spacial score (nSPS) is 16.2. The quantitative estimate of drug-likeness (QED) is 0.658. The Hall–Kier alpha value is -1.34. The van der Waals surface area contributed by atoms with Crippen LogP contribution in [0.5, 0.6) is 11.5 Å². The van der Waals surface area contributed by atoms with Crippen molar-refractivity contribution in [1.29, 1.82) is 0 Å². The van der Waals surface area contributed by atoms with Crippen LogP contribution in [0.4, 0.5) is 0 Å². The molecule has 0 aromatic heterocycles. The Bertz CT molecular complexity index is 502. The van der Waals surface area contributed by atoms with Crippen LogP contribution >= 0.6 is 23.5 Å². The van der Waals surface area contributed by atoms with E-state index in [1.165, 1.54) is 12.3 Å². The lowest BCUT2D eigenvalue weighted by Gasteiger charge is -2.18. The summed E-state index contributed by atoms with van der Waals surface area (Å²) in [6.45, 7) is 0. The highest BCUT2D eigenvalue weighted by Gasteiger charge is 2.21. The number of carbonyl (C=O) groups is 1. The Morgan fingerprint density at radius 2 is 2.25 bits per heavy atom. The highest BCUT2D eigenvalue weighted by atomic mass is 32.2. The van der Waals surface area contributed by atoms with Crippen LogP contribution in [0, 0.1) is 0 Å². The molecule has 0 aliphatic carbocycles. The van der Waals surface area contributed by atoms with Gasteiger partial charge >= 0.3 is 0 Å². The van der Waals surface area contributed by atoms with Gasteiger partial charge in [-0.25, -0.2) is 5.43 Å². The number of ether oxygens (including phenoxy) is 1. The van der Waals surface area contributed by atoms with E-state index in [0.717, 1.165) is 17.9 Å². The fourth-order valence-corrected chi connectivity index (χ4v) is 4.22. The number of hydrogen-bond acceptors (Lipinski definition) is 6. The second kappa shape index (κ2) is 7.44. The van der Waals surface area contributed by atoms with Crippen LogP contribution in [0.3, 0.4) is 0 Å². The predicted molar refractivity (Wildman–Crippen MR) is 83.7 cm³/mol. The molecular formula is C13H16N2O3S2. The second-order valence-corrected chi connectivity index (χ2v) is 6.81. The number of amides is 1. The second-order valence-electron chi connectivity index (χ2n) is 4.09. The number of carbonyl (C=O) groups excluding carboxylic acids is 1. The van der Waals surface area contributed by atoms with Gasteiger partial charge in [-0.3, -0.25) is 4.79 Å². The number of hydrazone groups is 1. The first-order valence-electron chi connectivity index (χ1n) is 6.14. The van der Waals surface area contributed by atoms with Gasteiger partial charge in [0, 0.05) is 5.56 Å². The molecule has 0 spiro atoms. The first kappa shape index (κ1) is 15.1. The lowest BCUT2D eigenvalue weighted by atomic mass is 10.2. The zero-order chi connectivity index (χ0) is 14.4. The molecule has 1 aliphatic heterocycles. The van der Waals surface area contributed by atoms with Gasteiger partial charge in [0.15, 0.2) is 0 Å². The third-order valence-corrected chi connectivity index (χ3v) is 5.55. The van der Waals surface area contributed by atoms with E-state index in [0.29, 0.717) is 11.3 Å². The highest BCUT2D eigenvalue weighted by Crippen LogP contribution is 2.30. The smallest absolute Gasteiger partial charge is 0.263 e. The first-order valence-corrected chi connectivity index (χ1v) is 8.23. The van der Waals surface area contributed by atoms with Crippen LogP contribution in [-0.2, 0) is 4.79 Å². The summed E-state index contributed by atoms with van der Waals surface area (Å²) in [6, 6.07) is 4.82. The van der Waals surface area contributed by atoms with E-state index in [2.05, 4.69) is 10.5 Å². The molecule has 2 N–H and O–H groups in total. The molecule has 1 amide bonds. The number of nitrogens with one attached hydrogen (secondary N) is 1. The molecule has 20 heavy (non-hydrogen) atoms. The van der Waals surface area contributed by atoms with Crippen molar-refractivity contribution in [2.45, 2.75) is 11.0 Å². The number of thioether (sulfide) groups is 2. The van der Waals surface area contributed by atoms with E-state index in [1.807, 2.05) is 0 Å². The standard InChI is InChI=1S/C13H16N2O3S2/c1-18-10-3-4-11(16)9(7-10)8-14-15-12(17)13-19-5-2-6-20-13/h3-4,7-8,13,16H,2,5-6H2,1H3,(H,15,17). The molecule has 0 unspecified atom stereocenters. The Kier molecular flexibility index (Phi) is 5.60. The molecule has 108 valence electrons. The number of phenols is 1. The molecule has 0 atom stereocenters. The fourth-order valence-electron chi connectivity index (χ4n) is 1.62. The van der Waals surface area contributed by atoms with E-state index in [4.69, 9.17) is 4.74 Å². The van der Waals surface area contributed by atoms with Gasteiger partial charge < -0.3 is 9.84 Å². The number of rotatable bonds is 4. The third kappa shape index (κ3) is 4.08. The zero-order valence-corrected chi connectivity index (χ0v) is 12.7. The largest absolute Gasteiger partial charge is 0.507 e. The van der Waals surface area contributed by atoms with E-state index < -0.39 is 0 Å². The molecule has 0 bridgehead atoms. The average Bonchev–Trinajstić information content (AvgIpc) is 2.50. The molecule has 7 heteroatoms. The predicted octanol–water partition coefficient (Wildman–Crippen LogP) is 2.05. The number of nitrogens with zero attached hydrogens (tertiary/aromatic N) is 1. The van der Waals surface area contributed by atoms with Crippen LogP contribution in [0.15, 0.2) is 23.3 Å². The lowest BCUT2D eigenvalue weighted by molar-refractivity contribution is -0.119. The van der Waals surface area contributed by atoms with E-state index in [9.17, 15) is 9.90 Å². The van der Waals surface area contributed by atoms with Crippen LogP contribution < -0.4 is 10.2 Å². The van der Waals surface area contributed by atoms with Crippen molar-refractivity contribution < 1.29 is 14.6 Å². The SMILES string of the molecule is COc1ccc(O)c(C=NNC(=O)C2SCCCS2)c1. The van der Waals surface area contributed by atoms with Crippen molar-refractivity contribution in [3.8, 4) is 11.5 Å². The van der Waals surface area contributed by atoms with Gasteiger partial charge in [-0.2, -0.15) is 5.10 Å². The van der Waals surface area contributed by atoms with Gasteiger partial charge in [-0.05, 0) is 36.1 Å². The summed E-state index contributed by atoms with van der Waals surface area (Å²) >= 11 is 3.27. The Balaban J connectivity index is 1.94. The Labute approximate surface area is 126 Å². The van der Waals surface area contributed by atoms with Crippen LogP contribution in [0.2, 0.25) is 0 Å². The molecule has 1 fully saturated rings. The minimum atomic E-state index is -0.113. The average molecular weight is 312 g/mol. The lowest BCUT2D eigenvalue weighted by Crippen LogP contribution is -2.29. The molecule has 0 radical (unpaired) electrons. The summed E-state index contributed by atoms with van der Waals surface area (Å²) in [7, 11) is 1.55. The number of hydrogen-bond donors (Lipinski definition) is 2. The van der Waals surface area contributed by atoms with Crippen molar-refractivity contribution >= 4 is 35.6 Å². The van der Waals surface area contributed by atoms with Crippen LogP contribution in [0.25, 0.3) is 0 Å². The third-order valence-electron chi connectivity index (χ3n) is 2.65. The maximum atomic E-state index is 11.8. The summed E-state index contributed by atoms with van der Waals surface area (Å²) in [6.07, 6.45) is 2.55. The summed E-state index contributed by atoms with van der Waals surface area (Å²) in [4.78, 5) is 11.8. The van der Waals surface area contributed by atoms with Crippen molar-refractivity contribution in [3.05, 3.63) is 23.8 Å². The van der Waals surface area contributed by atoms with Crippen molar-refractivity contribution in [2.75, 3.05) is 18.6 Å². The molecule has 1 heterocycles. The van der Waals surface area contributed by atoms with E-state index >= 15 is 0 Å². The maximum absolute atomic E-state index is 11.8. The minimum absolute atomic E-state index is 0.0882. The topological polar surface area (TPSA) is 70.9 Å². The summed E-state index contributed by atoms with van der Waals surface area (Å²) in [5, 5.41) is 13.6. The van der Waals surface area contributed by atoms with Crippen LogP contribution in [-0.4, -0.2) is 40.4 Å². The molecule has 2 rings (SSSR count). The summed E-state index contributed by atoms with van der Waals surface area (Å²) in [5.41, 5.74) is 3.00. The number of aromatic hydroxyl groups is 1. The maximum Gasteiger partial charge on any atom is 0.263 e. The number of methoxy groups -OCH3 is 1.